The fourth-order valence-corrected chi connectivity index (χ4v) is 5.54. The zero-order chi connectivity index (χ0) is 28.4. The topological polar surface area (TPSA) is 66.8 Å². The molecule has 1 heterocycles. The second-order valence-electron chi connectivity index (χ2n) is 12.0. The van der Waals surface area contributed by atoms with Gasteiger partial charge in [0.2, 0.25) is 0 Å². The van der Waals surface area contributed by atoms with Crippen molar-refractivity contribution in [1.82, 2.24) is 0 Å². The summed E-state index contributed by atoms with van der Waals surface area (Å²) in [6, 6.07) is 0. The fourth-order valence-electron chi connectivity index (χ4n) is 5.54. The molecule has 0 bridgehead atoms. The van der Waals surface area contributed by atoms with Gasteiger partial charge in [0, 0.05) is 5.57 Å². The van der Waals surface area contributed by atoms with E-state index < -0.39 is 12.2 Å². The second kappa shape index (κ2) is 25.8. The van der Waals surface area contributed by atoms with Gasteiger partial charge in [-0.2, -0.15) is 0 Å². The lowest BCUT2D eigenvalue weighted by Crippen LogP contribution is -2.25. The molecule has 39 heavy (non-hydrogen) atoms. The van der Waals surface area contributed by atoms with Crippen molar-refractivity contribution in [3.8, 4) is 0 Å². The van der Waals surface area contributed by atoms with Crippen LogP contribution in [0.15, 0.2) is 23.8 Å². The third kappa shape index (κ3) is 21.3. The minimum absolute atomic E-state index is 0.0444. The van der Waals surface area contributed by atoms with Crippen molar-refractivity contribution >= 4 is 5.97 Å². The molecule has 1 aliphatic rings. The Balaban J connectivity index is 1.81. The molecular weight excluding hydrogens is 484 g/mol. The van der Waals surface area contributed by atoms with Crippen molar-refractivity contribution in [1.29, 1.82) is 0 Å². The van der Waals surface area contributed by atoms with Gasteiger partial charge in [-0.1, -0.05) is 135 Å². The molecule has 4 heteroatoms. The minimum Gasteiger partial charge on any atom is -0.455 e. The summed E-state index contributed by atoms with van der Waals surface area (Å²) in [5.41, 5.74) is 0.867. The predicted molar refractivity (Wildman–Crippen MR) is 166 cm³/mol. The number of hydrogen-bond donors (Lipinski definition) is 2. The van der Waals surface area contributed by atoms with Gasteiger partial charge in [0.15, 0.2) is 0 Å². The van der Waals surface area contributed by atoms with Crippen LogP contribution < -0.4 is 0 Å². The SMILES string of the molecule is CCCCCCCCCCCC/C=C\CC[C@@H](O)[C@H](O)CCCCCCCCCCCCC1=C[C@H](C)OC1=O. The summed E-state index contributed by atoms with van der Waals surface area (Å²) in [7, 11) is 0. The van der Waals surface area contributed by atoms with Crippen LogP contribution >= 0.6 is 0 Å². The molecule has 1 aliphatic heterocycles. The number of hydrogen-bond acceptors (Lipinski definition) is 4. The summed E-state index contributed by atoms with van der Waals surface area (Å²) in [6.07, 6.45) is 35.2. The van der Waals surface area contributed by atoms with Crippen molar-refractivity contribution in [3.05, 3.63) is 23.8 Å². The summed E-state index contributed by atoms with van der Waals surface area (Å²) in [6.45, 7) is 4.19. The van der Waals surface area contributed by atoms with Gasteiger partial charge in [-0.15, -0.1) is 0 Å². The number of rotatable bonds is 28. The lowest BCUT2D eigenvalue weighted by atomic mass is 10.0. The number of esters is 1. The van der Waals surface area contributed by atoms with Crippen molar-refractivity contribution < 1.29 is 19.7 Å². The third-order valence-electron chi connectivity index (χ3n) is 8.15. The lowest BCUT2D eigenvalue weighted by Gasteiger charge is -2.17. The zero-order valence-corrected chi connectivity index (χ0v) is 25.9. The van der Waals surface area contributed by atoms with E-state index in [4.69, 9.17) is 4.74 Å². The number of ether oxygens (including phenoxy) is 1. The second-order valence-corrected chi connectivity index (χ2v) is 12.0. The van der Waals surface area contributed by atoms with E-state index >= 15 is 0 Å². The largest absolute Gasteiger partial charge is 0.455 e. The highest BCUT2D eigenvalue weighted by atomic mass is 16.5. The van der Waals surface area contributed by atoms with Crippen molar-refractivity contribution in [2.24, 2.45) is 0 Å². The molecule has 1 rings (SSSR count). The standard InChI is InChI=1S/C35H64O4/c1-3-4-5-6-7-8-9-10-11-12-16-19-22-25-28-33(36)34(37)29-26-23-20-17-14-13-15-18-21-24-27-32-30-31(2)39-35(32)38/h19,22,30-31,33-34,36-37H,3-18,20-21,23-29H2,1-2H3/b22-19-/t31-,33+,34+/m0/s1. The molecule has 0 spiro atoms. The molecule has 0 saturated heterocycles. The Kier molecular flexibility index (Phi) is 23.8. The molecule has 0 aromatic carbocycles. The van der Waals surface area contributed by atoms with Crippen LogP contribution in [-0.2, 0) is 9.53 Å². The van der Waals surface area contributed by atoms with E-state index in [2.05, 4.69) is 19.1 Å². The predicted octanol–water partition coefficient (Wildman–Crippen LogP) is 9.91. The van der Waals surface area contributed by atoms with Crippen LogP contribution in [0.25, 0.3) is 0 Å². The smallest absolute Gasteiger partial charge is 0.334 e. The van der Waals surface area contributed by atoms with Gasteiger partial charge in [0.05, 0.1) is 12.2 Å². The minimum atomic E-state index is -0.592. The first-order valence-electron chi connectivity index (χ1n) is 17.0. The van der Waals surface area contributed by atoms with Crippen LogP contribution in [0.1, 0.15) is 174 Å². The number of carbonyl (C=O) groups is 1. The lowest BCUT2D eigenvalue weighted by molar-refractivity contribution is -0.139. The van der Waals surface area contributed by atoms with Crippen molar-refractivity contribution in [2.75, 3.05) is 0 Å². The molecular formula is C35H64O4. The molecule has 0 radical (unpaired) electrons. The van der Waals surface area contributed by atoms with Crippen LogP contribution in [0.2, 0.25) is 0 Å². The summed E-state index contributed by atoms with van der Waals surface area (Å²) in [5.74, 6) is -0.119. The molecule has 3 atom stereocenters. The van der Waals surface area contributed by atoms with E-state index in [0.29, 0.717) is 12.8 Å². The van der Waals surface area contributed by atoms with Gasteiger partial charge < -0.3 is 14.9 Å². The Morgan fingerprint density at radius 1 is 0.667 bits per heavy atom. The number of unbranched alkanes of at least 4 members (excludes halogenated alkanes) is 19. The summed E-state index contributed by atoms with van der Waals surface area (Å²) in [4.78, 5) is 11.6. The Bertz CT molecular complexity index is 626. The van der Waals surface area contributed by atoms with Crippen LogP contribution in [0, 0.1) is 0 Å². The van der Waals surface area contributed by atoms with Gasteiger partial charge >= 0.3 is 5.97 Å². The summed E-state index contributed by atoms with van der Waals surface area (Å²) in [5, 5.41) is 20.5. The van der Waals surface area contributed by atoms with E-state index in [-0.39, 0.29) is 12.1 Å². The molecule has 0 fully saturated rings. The maximum atomic E-state index is 11.6. The number of cyclic esters (lactones) is 1. The monoisotopic (exact) mass is 548 g/mol. The molecule has 0 aromatic rings. The van der Waals surface area contributed by atoms with Crippen LogP contribution in [0.3, 0.4) is 0 Å². The normalized spacial score (nSPS) is 17.1. The number of allylic oxidation sites excluding steroid dienone is 2. The Morgan fingerprint density at radius 3 is 1.67 bits per heavy atom. The first-order valence-corrected chi connectivity index (χ1v) is 17.0. The first kappa shape index (κ1) is 35.9. The molecule has 4 nitrogen and oxygen atoms in total. The maximum absolute atomic E-state index is 11.6. The van der Waals surface area contributed by atoms with Crippen LogP contribution in [0.5, 0.6) is 0 Å². The van der Waals surface area contributed by atoms with Gasteiger partial charge in [-0.3, -0.25) is 0 Å². The zero-order valence-electron chi connectivity index (χ0n) is 25.9. The molecule has 0 amide bonds. The molecule has 0 unspecified atom stereocenters. The number of carbonyl (C=O) groups excluding carboxylic acids is 1. The van der Waals surface area contributed by atoms with Gasteiger partial charge in [0.1, 0.15) is 6.10 Å². The molecule has 0 saturated carbocycles. The van der Waals surface area contributed by atoms with Crippen LogP contribution in [-0.4, -0.2) is 34.5 Å². The highest BCUT2D eigenvalue weighted by Gasteiger charge is 2.21. The van der Waals surface area contributed by atoms with E-state index in [9.17, 15) is 15.0 Å². The Labute approximate surface area is 242 Å². The average Bonchev–Trinajstić information content (AvgIpc) is 3.25. The van der Waals surface area contributed by atoms with Crippen LogP contribution in [0.4, 0.5) is 0 Å². The summed E-state index contributed by atoms with van der Waals surface area (Å²) < 4.78 is 5.14. The van der Waals surface area contributed by atoms with Crippen molar-refractivity contribution in [3.63, 3.8) is 0 Å². The Morgan fingerprint density at radius 2 is 1.13 bits per heavy atom. The van der Waals surface area contributed by atoms with Gasteiger partial charge in [-0.25, -0.2) is 4.79 Å². The Hall–Kier alpha value is -1.13. The quantitative estimate of drug-likeness (QED) is 0.0580. The van der Waals surface area contributed by atoms with E-state index in [1.165, 1.54) is 109 Å². The number of aliphatic hydroxyl groups excluding tert-OH is 2. The fraction of sp³-hybridized carbons (Fsp3) is 0.857. The van der Waals surface area contributed by atoms with E-state index in [1.54, 1.807) is 0 Å². The average molecular weight is 549 g/mol. The molecule has 0 aliphatic carbocycles. The molecule has 2 N–H and O–H groups in total. The number of aliphatic hydroxyl groups is 2. The third-order valence-corrected chi connectivity index (χ3v) is 8.15. The maximum Gasteiger partial charge on any atom is 0.334 e. The van der Waals surface area contributed by atoms with Crippen molar-refractivity contribution in [2.45, 2.75) is 193 Å². The first-order chi connectivity index (χ1) is 19.0. The van der Waals surface area contributed by atoms with Gasteiger partial charge in [-0.05, 0) is 57.9 Å². The highest BCUT2D eigenvalue weighted by molar-refractivity contribution is 5.90. The highest BCUT2D eigenvalue weighted by Crippen LogP contribution is 2.20. The van der Waals surface area contributed by atoms with E-state index in [0.717, 1.165) is 44.1 Å². The molecule has 0 aromatic heterocycles. The van der Waals surface area contributed by atoms with Gasteiger partial charge in [0.25, 0.3) is 0 Å². The molecule has 228 valence electrons. The van der Waals surface area contributed by atoms with E-state index in [1.807, 2.05) is 13.0 Å². The summed E-state index contributed by atoms with van der Waals surface area (Å²) >= 11 is 0.